The van der Waals surface area contributed by atoms with Gasteiger partial charge in [0.2, 0.25) is 5.91 Å². The summed E-state index contributed by atoms with van der Waals surface area (Å²) < 4.78 is 0. The van der Waals surface area contributed by atoms with Gasteiger partial charge in [-0.25, -0.2) is 0 Å². The van der Waals surface area contributed by atoms with E-state index >= 15 is 0 Å². The van der Waals surface area contributed by atoms with Crippen LogP contribution in [-0.2, 0) is 11.3 Å². The van der Waals surface area contributed by atoms with E-state index in [0.29, 0.717) is 0 Å². The van der Waals surface area contributed by atoms with E-state index in [1.807, 2.05) is 20.8 Å². The van der Waals surface area contributed by atoms with E-state index in [9.17, 15) is 4.79 Å². The van der Waals surface area contributed by atoms with Gasteiger partial charge in [-0.2, -0.15) is 0 Å². The van der Waals surface area contributed by atoms with Gasteiger partial charge in [0, 0.05) is 12.6 Å². The van der Waals surface area contributed by atoms with Crippen LogP contribution >= 0.6 is 0 Å². The Hall–Kier alpha value is -1.35. The molecule has 1 rings (SSSR count). The quantitative estimate of drug-likeness (QED) is 0.839. The van der Waals surface area contributed by atoms with Crippen molar-refractivity contribution in [3.63, 3.8) is 0 Å². The Bertz CT molecular complexity index is 393. The summed E-state index contributed by atoms with van der Waals surface area (Å²) in [6.07, 6.45) is 0. The summed E-state index contributed by atoms with van der Waals surface area (Å²) in [6.45, 7) is 10.8. The number of carbonyl (C=O) groups is 1. The Morgan fingerprint density at radius 2 is 1.72 bits per heavy atom. The summed E-state index contributed by atoms with van der Waals surface area (Å²) in [5, 5.41) is 6.18. The summed E-state index contributed by atoms with van der Waals surface area (Å²) in [4.78, 5) is 11.8. The molecule has 1 unspecified atom stereocenters. The van der Waals surface area contributed by atoms with Gasteiger partial charge in [0.1, 0.15) is 0 Å². The smallest absolute Gasteiger partial charge is 0.237 e. The molecule has 3 heteroatoms. The van der Waals surface area contributed by atoms with E-state index < -0.39 is 0 Å². The molecule has 0 spiro atoms. The van der Waals surface area contributed by atoms with Crippen molar-refractivity contribution in [3.05, 3.63) is 34.9 Å². The third-order valence-corrected chi connectivity index (χ3v) is 3.05. The number of hydrogen-bond acceptors (Lipinski definition) is 2. The van der Waals surface area contributed by atoms with Crippen molar-refractivity contribution in [1.82, 2.24) is 10.6 Å². The van der Waals surface area contributed by atoms with Crippen LogP contribution in [0.5, 0.6) is 0 Å². The molecule has 0 aliphatic rings. The Morgan fingerprint density at radius 3 is 2.22 bits per heavy atom. The van der Waals surface area contributed by atoms with Crippen molar-refractivity contribution in [3.8, 4) is 0 Å². The standard InChI is InChI=1S/C15H24N2O/c1-10(2)17-15(18)13(5)16-9-14-11(3)7-6-8-12(14)4/h6-8,10,13,16H,9H2,1-5H3,(H,17,18). The maximum atomic E-state index is 11.8. The number of hydrogen-bond donors (Lipinski definition) is 2. The molecular weight excluding hydrogens is 224 g/mol. The SMILES string of the molecule is Cc1cccc(C)c1CNC(C)C(=O)NC(C)C. The first kappa shape index (κ1) is 14.7. The molecule has 0 aromatic heterocycles. The molecule has 0 saturated carbocycles. The van der Waals surface area contributed by atoms with E-state index in [1.54, 1.807) is 0 Å². The van der Waals surface area contributed by atoms with E-state index in [1.165, 1.54) is 16.7 Å². The van der Waals surface area contributed by atoms with Gasteiger partial charge < -0.3 is 10.6 Å². The molecule has 0 bridgehead atoms. The number of nitrogens with one attached hydrogen (secondary N) is 2. The highest BCUT2D eigenvalue weighted by molar-refractivity contribution is 5.81. The molecule has 0 fully saturated rings. The molecule has 18 heavy (non-hydrogen) atoms. The first-order valence-corrected chi connectivity index (χ1v) is 6.50. The number of amides is 1. The fourth-order valence-electron chi connectivity index (χ4n) is 1.89. The highest BCUT2D eigenvalue weighted by atomic mass is 16.2. The molecule has 0 heterocycles. The zero-order chi connectivity index (χ0) is 13.7. The Balaban J connectivity index is 2.57. The Labute approximate surface area is 110 Å². The highest BCUT2D eigenvalue weighted by Gasteiger charge is 2.13. The Morgan fingerprint density at radius 1 is 1.17 bits per heavy atom. The van der Waals surface area contributed by atoms with Gasteiger partial charge in [0.05, 0.1) is 6.04 Å². The summed E-state index contributed by atoms with van der Waals surface area (Å²) in [6, 6.07) is 6.27. The second kappa shape index (κ2) is 6.55. The van der Waals surface area contributed by atoms with E-state index in [-0.39, 0.29) is 18.0 Å². The van der Waals surface area contributed by atoms with Crippen LogP contribution in [0.3, 0.4) is 0 Å². The van der Waals surface area contributed by atoms with Crippen LogP contribution in [0.1, 0.15) is 37.5 Å². The summed E-state index contributed by atoms with van der Waals surface area (Å²) >= 11 is 0. The average molecular weight is 248 g/mol. The van der Waals surface area contributed by atoms with Crippen molar-refractivity contribution in [1.29, 1.82) is 0 Å². The molecule has 1 aromatic carbocycles. The maximum Gasteiger partial charge on any atom is 0.237 e. The monoisotopic (exact) mass is 248 g/mol. The molecule has 2 N–H and O–H groups in total. The van der Waals surface area contributed by atoms with Gasteiger partial charge in [0.15, 0.2) is 0 Å². The van der Waals surface area contributed by atoms with Gasteiger partial charge in [-0.1, -0.05) is 18.2 Å². The number of carbonyl (C=O) groups excluding carboxylic acids is 1. The Kier molecular flexibility index (Phi) is 5.35. The van der Waals surface area contributed by atoms with Crippen LogP contribution in [0.2, 0.25) is 0 Å². The number of rotatable bonds is 5. The topological polar surface area (TPSA) is 41.1 Å². The zero-order valence-corrected chi connectivity index (χ0v) is 12.0. The van der Waals surface area contributed by atoms with Crippen molar-refractivity contribution >= 4 is 5.91 Å². The number of benzene rings is 1. The van der Waals surface area contributed by atoms with Gasteiger partial charge in [-0.3, -0.25) is 4.79 Å². The lowest BCUT2D eigenvalue weighted by molar-refractivity contribution is -0.123. The fraction of sp³-hybridized carbons (Fsp3) is 0.533. The van der Waals surface area contributed by atoms with E-state index in [4.69, 9.17) is 0 Å². The molecule has 0 saturated heterocycles. The van der Waals surface area contributed by atoms with Gasteiger partial charge in [-0.15, -0.1) is 0 Å². The second-order valence-electron chi connectivity index (χ2n) is 5.14. The first-order chi connectivity index (χ1) is 8.41. The molecule has 0 radical (unpaired) electrons. The molecule has 1 atom stereocenters. The van der Waals surface area contributed by atoms with Crippen LogP contribution in [0, 0.1) is 13.8 Å². The largest absolute Gasteiger partial charge is 0.353 e. The highest BCUT2D eigenvalue weighted by Crippen LogP contribution is 2.12. The van der Waals surface area contributed by atoms with Crippen LogP contribution in [0.4, 0.5) is 0 Å². The van der Waals surface area contributed by atoms with E-state index in [2.05, 4.69) is 42.7 Å². The summed E-state index contributed by atoms with van der Waals surface area (Å²) in [7, 11) is 0. The van der Waals surface area contributed by atoms with Crippen molar-refractivity contribution in [2.45, 2.75) is 53.2 Å². The predicted octanol–water partition coefficient (Wildman–Crippen LogP) is 2.31. The lowest BCUT2D eigenvalue weighted by atomic mass is 10.0. The fourth-order valence-corrected chi connectivity index (χ4v) is 1.89. The molecule has 1 amide bonds. The lowest BCUT2D eigenvalue weighted by Gasteiger charge is -2.17. The normalized spacial score (nSPS) is 12.6. The lowest BCUT2D eigenvalue weighted by Crippen LogP contribution is -2.44. The summed E-state index contributed by atoms with van der Waals surface area (Å²) in [5.41, 5.74) is 3.81. The third kappa shape index (κ3) is 4.15. The van der Waals surface area contributed by atoms with Gasteiger partial charge in [-0.05, 0) is 51.3 Å². The van der Waals surface area contributed by atoms with Crippen LogP contribution in [-0.4, -0.2) is 18.0 Å². The second-order valence-corrected chi connectivity index (χ2v) is 5.14. The van der Waals surface area contributed by atoms with Crippen LogP contribution in [0.15, 0.2) is 18.2 Å². The molecule has 1 aromatic rings. The number of aryl methyl sites for hydroxylation is 2. The minimum absolute atomic E-state index is 0.0521. The predicted molar refractivity (Wildman–Crippen MR) is 75.5 cm³/mol. The van der Waals surface area contributed by atoms with Gasteiger partial charge in [0.25, 0.3) is 0 Å². The molecular formula is C15H24N2O. The van der Waals surface area contributed by atoms with Crippen molar-refractivity contribution < 1.29 is 4.79 Å². The van der Waals surface area contributed by atoms with Gasteiger partial charge >= 0.3 is 0 Å². The average Bonchev–Trinajstić information content (AvgIpc) is 2.27. The summed E-state index contributed by atoms with van der Waals surface area (Å²) in [5.74, 6) is 0.0521. The van der Waals surface area contributed by atoms with Crippen LogP contribution < -0.4 is 10.6 Å². The minimum Gasteiger partial charge on any atom is -0.353 e. The molecule has 0 aliphatic heterocycles. The van der Waals surface area contributed by atoms with Crippen molar-refractivity contribution in [2.75, 3.05) is 0 Å². The maximum absolute atomic E-state index is 11.8. The zero-order valence-electron chi connectivity index (χ0n) is 12.0. The first-order valence-electron chi connectivity index (χ1n) is 6.50. The minimum atomic E-state index is -0.175. The molecule has 0 aliphatic carbocycles. The van der Waals surface area contributed by atoms with Crippen LogP contribution in [0.25, 0.3) is 0 Å². The molecule has 100 valence electrons. The molecule has 3 nitrogen and oxygen atoms in total. The van der Waals surface area contributed by atoms with Crippen molar-refractivity contribution in [2.24, 2.45) is 0 Å². The third-order valence-electron chi connectivity index (χ3n) is 3.05. The van der Waals surface area contributed by atoms with E-state index in [0.717, 1.165) is 6.54 Å².